The summed E-state index contributed by atoms with van der Waals surface area (Å²) in [5.41, 5.74) is 1.19. The number of halogens is 1. The van der Waals surface area contributed by atoms with Crippen molar-refractivity contribution in [3.05, 3.63) is 66.2 Å². The van der Waals surface area contributed by atoms with E-state index in [0.717, 1.165) is 5.19 Å². The molecule has 1 aliphatic heterocycles. The lowest BCUT2D eigenvalue weighted by atomic mass is 10.0. The first kappa shape index (κ1) is 13.8. The lowest BCUT2D eigenvalue weighted by molar-refractivity contribution is 0.209. The minimum absolute atomic E-state index is 0.0329. The van der Waals surface area contributed by atoms with Crippen molar-refractivity contribution in [1.29, 1.82) is 0 Å². The van der Waals surface area contributed by atoms with Crippen molar-refractivity contribution in [1.82, 2.24) is 4.57 Å². The number of likely N-dealkylation sites (N-methyl/N-ethyl adjacent to an activating group) is 1. The normalized spacial score (nSPS) is 30.6. The van der Waals surface area contributed by atoms with Gasteiger partial charge in [-0.1, -0.05) is 60.7 Å². The van der Waals surface area contributed by atoms with Crippen molar-refractivity contribution >= 4 is 24.1 Å². The molecule has 0 saturated carbocycles. The molecule has 3 rings (SSSR count). The van der Waals surface area contributed by atoms with Gasteiger partial charge in [-0.05, 0) is 24.7 Å². The van der Waals surface area contributed by atoms with Crippen molar-refractivity contribution in [2.45, 2.75) is 19.1 Å². The molecule has 0 aliphatic carbocycles. The van der Waals surface area contributed by atoms with Crippen LogP contribution in [0.2, 0.25) is 0 Å². The van der Waals surface area contributed by atoms with Crippen LogP contribution in [0.15, 0.2) is 60.7 Å². The van der Waals surface area contributed by atoms with Gasteiger partial charge in [0.2, 0.25) is 0 Å². The summed E-state index contributed by atoms with van der Waals surface area (Å²) in [4.78, 5) is 0. The van der Waals surface area contributed by atoms with Gasteiger partial charge in [0.15, 0.2) is 0 Å². The standard InChI is InChI=1S/C16H18ClNOSi/c1-13-16(14-9-5-3-6-10-14)19-20(17,18(13)2)15-11-7-4-8-12-15/h3-13,16H,1-2H3/t13-,16?,20?/m0/s1. The average molecular weight is 304 g/mol. The summed E-state index contributed by atoms with van der Waals surface area (Å²) in [5.74, 6) is 0. The van der Waals surface area contributed by atoms with Gasteiger partial charge in [0.25, 0.3) is 0 Å². The van der Waals surface area contributed by atoms with Gasteiger partial charge in [-0.3, -0.25) is 4.57 Å². The minimum atomic E-state index is -2.57. The summed E-state index contributed by atoms with van der Waals surface area (Å²) in [6.45, 7) is 2.18. The lowest BCUT2D eigenvalue weighted by Gasteiger charge is -2.26. The molecule has 1 fully saturated rings. The summed E-state index contributed by atoms with van der Waals surface area (Å²) < 4.78 is 8.60. The molecule has 0 N–H and O–H groups in total. The van der Waals surface area contributed by atoms with E-state index >= 15 is 0 Å². The predicted molar refractivity (Wildman–Crippen MR) is 85.2 cm³/mol. The molecule has 0 amide bonds. The molecule has 2 aromatic rings. The third-order valence-corrected chi connectivity index (χ3v) is 8.69. The van der Waals surface area contributed by atoms with E-state index in [-0.39, 0.29) is 12.1 Å². The van der Waals surface area contributed by atoms with E-state index < -0.39 is 7.79 Å². The summed E-state index contributed by atoms with van der Waals surface area (Å²) >= 11 is 6.93. The minimum Gasteiger partial charge on any atom is -0.380 e. The molecule has 1 saturated heterocycles. The maximum Gasteiger partial charge on any atom is 0.408 e. The number of rotatable bonds is 2. The Morgan fingerprint density at radius 3 is 2.15 bits per heavy atom. The number of hydrogen-bond donors (Lipinski definition) is 0. The Morgan fingerprint density at radius 1 is 1.00 bits per heavy atom. The number of benzene rings is 2. The topological polar surface area (TPSA) is 12.5 Å². The first-order chi connectivity index (χ1) is 9.63. The van der Waals surface area contributed by atoms with Gasteiger partial charge in [-0.15, -0.1) is 11.1 Å². The quantitative estimate of drug-likeness (QED) is 0.624. The Balaban J connectivity index is 1.97. The summed E-state index contributed by atoms with van der Waals surface area (Å²) in [6.07, 6.45) is 0.0329. The molecular weight excluding hydrogens is 286 g/mol. The fourth-order valence-corrected chi connectivity index (χ4v) is 6.49. The van der Waals surface area contributed by atoms with Crippen LogP contribution in [0.25, 0.3) is 0 Å². The molecule has 0 aromatic heterocycles. The van der Waals surface area contributed by atoms with Crippen molar-refractivity contribution in [3.63, 3.8) is 0 Å². The second-order valence-corrected chi connectivity index (χ2v) is 9.41. The zero-order valence-corrected chi connectivity index (χ0v) is 13.4. The molecule has 2 nitrogen and oxygen atoms in total. The third-order valence-electron chi connectivity index (χ3n) is 4.04. The highest BCUT2D eigenvalue weighted by molar-refractivity contribution is 7.22. The molecule has 4 heteroatoms. The van der Waals surface area contributed by atoms with Crippen molar-refractivity contribution < 1.29 is 4.43 Å². The molecule has 20 heavy (non-hydrogen) atoms. The maximum absolute atomic E-state index is 6.93. The fraction of sp³-hybridized carbons (Fsp3) is 0.250. The van der Waals surface area contributed by atoms with E-state index in [1.54, 1.807) is 0 Å². The Bertz CT molecular complexity index is 580. The van der Waals surface area contributed by atoms with Crippen LogP contribution in [0, 0.1) is 0 Å². The largest absolute Gasteiger partial charge is 0.408 e. The lowest BCUT2D eigenvalue weighted by Crippen LogP contribution is -2.55. The van der Waals surface area contributed by atoms with Gasteiger partial charge in [0.1, 0.15) is 0 Å². The second-order valence-electron chi connectivity index (χ2n) is 5.23. The van der Waals surface area contributed by atoms with Gasteiger partial charge in [0, 0.05) is 6.04 Å². The first-order valence-corrected chi connectivity index (χ1v) is 9.70. The van der Waals surface area contributed by atoms with Gasteiger partial charge < -0.3 is 4.43 Å². The zero-order valence-electron chi connectivity index (χ0n) is 11.7. The van der Waals surface area contributed by atoms with Crippen LogP contribution in [-0.4, -0.2) is 25.4 Å². The molecule has 1 heterocycles. The Morgan fingerprint density at radius 2 is 1.55 bits per heavy atom. The van der Waals surface area contributed by atoms with Crippen LogP contribution in [0.3, 0.4) is 0 Å². The van der Waals surface area contributed by atoms with Gasteiger partial charge in [-0.2, -0.15) is 0 Å². The van der Waals surface area contributed by atoms with Crippen LogP contribution in [0.4, 0.5) is 0 Å². The van der Waals surface area contributed by atoms with Crippen molar-refractivity contribution in [3.8, 4) is 0 Å². The number of nitrogens with zero attached hydrogens (tertiary/aromatic N) is 1. The Hall–Kier alpha value is -1.13. The van der Waals surface area contributed by atoms with Crippen LogP contribution < -0.4 is 5.19 Å². The van der Waals surface area contributed by atoms with E-state index in [1.165, 1.54) is 5.56 Å². The summed E-state index contributed by atoms with van der Waals surface area (Å²) in [7, 11) is -0.500. The van der Waals surface area contributed by atoms with Gasteiger partial charge in [0.05, 0.1) is 6.10 Å². The zero-order chi connectivity index (χ0) is 14.2. The van der Waals surface area contributed by atoms with Crippen molar-refractivity contribution in [2.24, 2.45) is 0 Å². The van der Waals surface area contributed by atoms with Crippen LogP contribution in [0.5, 0.6) is 0 Å². The van der Waals surface area contributed by atoms with Crippen LogP contribution in [0.1, 0.15) is 18.6 Å². The highest BCUT2D eigenvalue weighted by Crippen LogP contribution is 2.38. The SMILES string of the molecule is C[C@H]1C(c2ccccc2)O[Si](Cl)(c2ccccc2)N1C. The molecule has 0 spiro atoms. The summed E-state index contributed by atoms with van der Waals surface area (Å²) in [5, 5.41) is 1.11. The van der Waals surface area contributed by atoms with E-state index in [0.29, 0.717) is 0 Å². The number of hydrogen-bond acceptors (Lipinski definition) is 2. The molecular formula is C16H18ClNOSi. The third kappa shape index (κ3) is 2.21. The molecule has 1 aliphatic rings. The Labute approximate surface area is 125 Å². The van der Waals surface area contributed by atoms with E-state index in [4.69, 9.17) is 15.5 Å². The molecule has 2 aromatic carbocycles. The van der Waals surface area contributed by atoms with E-state index in [2.05, 4.69) is 42.8 Å². The van der Waals surface area contributed by atoms with Crippen LogP contribution >= 0.6 is 11.1 Å². The molecule has 3 atom stereocenters. The summed E-state index contributed by atoms with van der Waals surface area (Å²) in [6, 6.07) is 20.8. The maximum atomic E-state index is 6.93. The predicted octanol–water partition coefficient (Wildman–Crippen LogP) is 3.16. The monoisotopic (exact) mass is 303 g/mol. The smallest absolute Gasteiger partial charge is 0.380 e. The molecule has 2 unspecified atom stereocenters. The first-order valence-electron chi connectivity index (χ1n) is 6.83. The van der Waals surface area contributed by atoms with E-state index in [9.17, 15) is 0 Å². The Kier molecular flexibility index (Phi) is 3.69. The highest BCUT2D eigenvalue weighted by atomic mass is 35.6. The van der Waals surface area contributed by atoms with Crippen LogP contribution in [-0.2, 0) is 4.43 Å². The average Bonchev–Trinajstić information content (AvgIpc) is 2.75. The van der Waals surface area contributed by atoms with E-state index in [1.807, 2.05) is 36.4 Å². The molecule has 104 valence electrons. The molecule has 0 radical (unpaired) electrons. The van der Waals surface area contributed by atoms with Crippen molar-refractivity contribution in [2.75, 3.05) is 7.05 Å². The van der Waals surface area contributed by atoms with Gasteiger partial charge in [-0.25, -0.2) is 0 Å². The fourth-order valence-electron chi connectivity index (χ4n) is 2.72. The second kappa shape index (κ2) is 5.33. The molecule has 0 bridgehead atoms. The highest BCUT2D eigenvalue weighted by Gasteiger charge is 2.53. The van der Waals surface area contributed by atoms with Gasteiger partial charge >= 0.3 is 7.79 Å².